The Labute approximate surface area is 71.5 Å². The molecular weight excluding hydrogens is 160 g/mol. The highest BCUT2D eigenvalue weighted by Gasteiger charge is 2.40. The van der Waals surface area contributed by atoms with Crippen molar-refractivity contribution in [1.82, 2.24) is 0 Å². The fraction of sp³-hybridized carbons (Fsp3) is 1.00. The van der Waals surface area contributed by atoms with Crippen molar-refractivity contribution < 1.29 is 20.4 Å². The van der Waals surface area contributed by atoms with Gasteiger partial charge in [-0.1, -0.05) is 6.92 Å². The van der Waals surface area contributed by atoms with Crippen LogP contribution in [-0.2, 0) is 0 Å². The van der Waals surface area contributed by atoms with Gasteiger partial charge in [-0.05, 0) is 12.3 Å². The molecule has 72 valence electrons. The molecule has 0 aromatic heterocycles. The van der Waals surface area contributed by atoms with E-state index >= 15 is 0 Å². The van der Waals surface area contributed by atoms with E-state index in [1.807, 2.05) is 0 Å². The van der Waals surface area contributed by atoms with Gasteiger partial charge in [0.25, 0.3) is 0 Å². The number of hydrogen-bond donors (Lipinski definition) is 4. The van der Waals surface area contributed by atoms with Crippen LogP contribution in [0.15, 0.2) is 0 Å². The van der Waals surface area contributed by atoms with Gasteiger partial charge in [-0.15, -0.1) is 0 Å². The standard InChI is InChI=1S/C8H16O4/c1-4-2-5(3-9)7(11)8(12)6(4)10/h4-12H,2-3H2,1H3/t4-,5+,6+,7+,8-/m0/s1. The molecule has 0 aromatic carbocycles. The van der Waals surface area contributed by atoms with Crippen molar-refractivity contribution in [2.75, 3.05) is 6.61 Å². The van der Waals surface area contributed by atoms with Crippen LogP contribution in [-0.4, -0.2) is 45.3 Å². The van der Waals surface area contributed by atoms with Crippen LogP contribution in [0.25, 0.3) is 0 Å². The van der Waals surface area contributed by atoms with Gasteiger partial charge in [-0.25, -0.2) is 0 Å². The number of aliphatic hydroxyl groups is 4. The van der Waals surface area contributed by atoms with Gasteiger partial charge >= 0.3 is 0 Å². The Bertz CT molecular complexity index is 145. The maximum absolute atomic E-state index is 9.36. The Kier molecular flexibility index (Phi) is 3.06. The third-order valence-corrected chi connectivity index (χ3v) is 2.67. The second-order valence-electron chi connectivity index (χ2n) is 3.63. The number of aliphatic hydroxyl groups excluding tert-OH is 4. The Morgan fingerprint density at radius 2 is 1.67 bits per heavy atom. The van der Waals surface area contributed by atoms with Gasteiger partial charge in [-0.2, -0.15) is 0 Å². The van der Waals surface area contributed by atoms with Crippen LogP contribution in [0, 0.1) is 11.8 Å². The van der Waals surface area contributed by atoms with E-state index in [1.54, 1.807) is 6.92 Å². The lowest BCUT2D eigenvalue weighted by atomic mass is 9.77. The van der Waals surface area contributed by atoms with Crippen LogP contribution in [0.3, 0.4) is 0 Å². The van der Waals surface area contributed by atoms with Gasteiger partial charge in [0.1, 0.15) is 6.10 Å². The third kappa shape index (κ3) is 1.61. The molecule has 0 radical (unpaired) electrons. The molecule has 1 rings (SSSR count). The molecule has 0 heterocycles. The first-order chi connectivity index (χ1) is 5.57. The van der Waals surface area contributed by atoms with Crippen LogP contribution in [0.5, 0.6) is 0 Å². The van der Waals surface area contributed by atoms with Crippen LogP contribution in [0.4, 0.5) is 0 Å². The largest absolute Gasteiger partial charge is 0.396 e. The topological polar surface area (TPSA) is 80.9 Å². The van der Waals surface area contributed by atoms with E-state index in [4.69, 9.17) is 5.11 Å². The Balaban J connectivity index is 2.63. The lowest BCUT2D eigenvalue weighted by Gasteiger charge is -2.38. The normalized spacial score (nSPS) is 49.2. The van der Waals surface area contributed by atoms with Crippen molar-refractivity contribution in [2.24, 2.45) is 11.8 Å². The molecule has 0 unspecified atom stereocenters. The highest BCUT2D eigenvalue weighted by Crippen LogP contribution is 2.29. The molecular formula is C8H16O4. The van der Waals surface area contributed by atoms with E-state index in [2.05, 4.69) is 0 Å². The summed E-state index contributed by atoms with van der Waals surface area (Å²) in [6.07, 6.45) is -2.44. The second kappa shape index (κ2) is 3.70. The van der Waals surface area contributed by atoms with E-state index in [0.29, 0.717) is 6.42 Å². The molecule has 0 amide bonds. The van der Waals surface area contributed by atoms with Crippen molar-refractivity contribution >= 4 is 0 Å². The maximum atomic E-state index is 9.36. The van der Waals surface area contributed by atoms with Crippen LogP contribution in [0.2, 0.25) is 0 Å². The summed E-state index contributed by atoms with van der Waals surface area (Å²) in [5, 5.41) is 36.8. The summed E-state index contributed by atoms with van der Waals surface area (Å²) in [4.78, 5) is 0. The minimum absolute atomic E-state index is 0.0689. The average molecular weight is 176 g/mol. The van der Waals surface area contributed by atoms with E-state index < -0.39 is 18.3 Å². The van der Waals surface area contributed by atoms with E-state index in [9.17, 15) is 15.3 Å². The van der Waals surface area contributed by atoms with Crippen molar-refractivity contribution in [3.63, 3.8) is 0 Å². The minimum atomic E-state index is -1.12. The Hall–Kier alpha value is -0.160. The van der Waals surface area contributed by atoms with Gasteiger partial charge < -0.3 is 20.4 Å². The zero-order chi connectivity index (χ0) is 9.30. The molecule has 4 N–H and O–H groups in total. The molecule has 0 saturated heterocycles. The van der Waals surface area contributed by atoms with Gasteiger partial charge in [0, 0.05) is 12.5 Å². The zero-order valence-electron chi connectivity index (χ0n) is 7.09. The lowest BCUT2D eigenvalue weighted by Crippen LogP contribution is -2.51. The van der Waals surface area contributed by atoms with E-state index in [1.165, 1.54) is 0 Å². The third-order valence-electron chi connectivity index (χ3n) is 2.67. The molecule has 5 atom stereocenters. The van der Waals surface area contributed by atoms with Gasteiger partial charge in [0.05, 0.1) is 12.2 Å². The van der Waals surface area contributed by atoms with Crippen molar-refractivity contribution in [2.45, 2.75) is 31.7 Å². The summed E-state index contributed by atoms with van der Waals surface area (Å²) < 4.78 is 0. The summed E-state index contributed by atoms with van der Waals surface area (Å²) in [5.41, 5.74) is 0. The molecule has 1 aliphatic rings. The predicted molar refractivity (Wildman–Crippen MR) is 42.4 cm³/mol. The molecule has 1 aliphatic carbocycles. The highest BCUT2D eigenvalue weighted by atomic mass is 16.4. The molecule has 0 aliphatic heterocycles. The van der Waals surface area contributed by atoms with Crippen LogP contribution >= 0.6 is 0 Å². The van der Waals surface area contributed by atoms with Crippen LogP contribution in [0.1, 0.15) is 13.3 Å². The smallest absolute Gasteiger partial charge is 0.106 e. The maximum Gasteiger partial charge on any atom is 0.106 e. The molecule has 0 aromatic rings. The summed E-state index contributed by atoms with van der Waals surface area (Å²) in [5.74, 6) is -0.376. The van der Waals surface area contributed by atoms with E-state index in [0.717, 1.165) is 0 Å². The van der Waals surface area contributed by atoms with Gasteiger partial charge in [0.2, 0.25) is 0 Å². The van der Waals surface area contributed by atoms with Crippen molar-refractivity contribution in [3.8, 4) is 0 Å². The summed E-state index contributed by atoms with van der Waals surface area (Å²) in [7, 11) is 0. The molecule has 4 heteroatoms. The fourth-order valence-electron chi connectivity index (χ4n) is 1.76. The molecule has 4 nitrogen and oxygen atoms in total. The first-order valence-corrected chi connectivity index (χ1v) is 4.23. The molecule has 12 heavy (non-hydrogen) atoms. The Morgan fingerprint density at radius 3 is 2.17 bits per heavy atom. The quantitative estimate of drug-likeness (QED) is 0.401. The summed E-state index contributed by atoms with van der Waals surface area (Å²) >= 11 is 0. The number of hydrogen-bond acceptors (Lipinski definition) is 4. The van der Waals surface area contributed by atoms with Gasteiger partial charge in [-0.3, -0.25) is 0 Å². The first kappa shape index (κ1) is 9.92. The fourth-order valence-corrected chi connectivity index (χ4v) is 1.76. The minimum Gasteiger partial charge on any atom is -0.396 e. The summed E-state index contributed by atoms with van der Waals surface area (Å²) in [6.45, 7) is 1.65. The first-order valence-electron chi connectivity index (χ1n) is 4.23. The zero-order valence-corrected chi connectivity index (χ0v) is 7.09. The molecule has 0 spiro atoms. The number of rotatable bonds is 1. The molecule has 1 saturated carbocycles. The van der Waals surface area contributed by atoms with E-state index in [-0.39, 0.29) is 18.4 Å². The van der Waals surface area contributed by atoms with Crippen molar-refractivity contribution in [3.05, 3.63) is 0 Å². The average Bonchev–Trinajstić information content (AvgIpc) is 2.08. The Morgan fingerprint density at radius 1 is 1.08 bits per heavy atom. The lowest BCUT2D eigenvalue weighted by molar-refractivity contribution is -0.138. The molecule has 1 fully saturated rings. The second-order valence-corrected chi connectivity index (χ2v) is 3.63. The highest BCUT2D eigenvalue weighted by molar-refractivity contribution is 4.90. The molecule has 0 bridgehead atoms. The predicted octanol–water partition coefficient (Wildman–Crippen LogP) is -1.28. The SMILES string of the molecule is C[C@H]1C[C@H](CO)[C@@H](O)[C@@H](O)[C@@H]1O. The van der Waals surface area contributed by atoms with Gasteiger partial charge in [0.15, 0.2) is 0 Å². The van der Waals surface area contributed by atoms with Crippen molar-refractivity contribution in [1.29, 1.82) is 0 Å². The monoisotopic (exact) mass is 176 g/mol. The summed E-state index contributed by atoms with van der Waals surface area (Å²) in [6, 6.07) is 0. The van der Waals surface area contributed by atoms with Crippen LogP contribution < -0.4 is 0 Å².